The van der Waals surface area contributed by atoms with Gasteiger partial charge in [0.25, 0.3) is 0 Å². The lowest BCUT2D eigenvalue weighted by molar-refractivity contribution is 0.134. The van der Waals surface area contributed by atoms with Crippen molar-refractivity contribution in [3.8, 4) is 5.75 Å². The Labute approximate surface area is 156 Å². The number of fused-ring (bicyclic) bond motifs is 1. The lowest BCUT2D eigenvalue weighted by atomic mass is 9.94. The number of carbonyl (C=O) groups excluding carboxylic acids is 1. The normalized spacial score (nSPS) is 22.8. The van der Waals surface area contributed by atoms with E-state index in [9.17, 15) is 4.79 Å². The smallest absolute Gasteiger partial charge is 0.317 e. The predicted octanol–water partition coefficient (Wildman–Crippen LogP) is 2.81. The average molecular weight is 355 g/mol. The van der Waals surface area contributed by atoms with E-state index >= 15 is 0 Å². The number of urea groups is 1. The molecule has 140 valence electrons. The van der Waals surface area contributed by atoms with Crippen molar-refractivity contribution in [2.75, 3.05) is 39.3 Å². The second-order valence-corrected chi connectivity index (χ2v) is 7.64. The van der Waals surface area contributed by atoms with Crippen LogP contribution in [0.15, 0.2) is 30.4 Å². The third-order valence-corrected chi connectivity index (χ3v) is 5.74. The van der Waals surface area contributed by atoms with Crippen molar-refractivity contribution in [3.63, 3.8) is 0 Å². The van der Waals surface area contributed by atoms with Crippen molar-refractivity contribution in [1.82, 2.24) is 15.1 Å². The molecule has 1 aliphatic carbocycles. The fraction of sp³-hybridized carbons (Fsp3) is 0.571. The summed E-state index contributed by atoms with van der Waals surface area (Å²) in [5.74, 6) is 1.65. The monoisotopic (exact) mass is 355 g/mol. The molecule has 1 atom stereocenters. The summed E-state index contributed by atoms with van der Waals surface area (Å²) in [6.45, 7) is 6.07. The van der Waals surface area contributed by atoms with Crippen molar-refractivity contribution in [1.29, 1.82) is 0 Å². The van der Waals surface area contributed by atoms with Crippen molar-refractivity contribution < 1.29 is 9.53 Å². The van der Waals surface area contributed by atoms with Crippen molar-refractivity contribution in [2.24, 2.45) is 5.92 Å². The number of allylic oxidation sites excluding steroid dienone is 2. The van der Waals surface area contributed by atoms with Crippen LogP contribution in [-0.4, -0.2) is 55.2 Å². The maximum absolute atomic E-state index is 12.4. The Morgan fingerprint density at radius 1 is 1.19 bits per heavy atom. The molecular weight excluding hydrogens is 326 g/mol. The Hall–Kier alpha value is -2.01. The second kappa shape index (κ2) is 8.12. The Balaban J connectivity index is 1.21. The van der Waals surface area contributed by atoms with E-state index in [1.165, 1.54) is 17.5 Å². The maximum Gasteiger partial charge on any atom is 0.317 e. The molecule has 2 aliphatic heterocycles. The van der Waals surface area contributed by atoms with E-state index in [-0.39, 0.29) is 6.03 Å². The maximum atomic E-state index is 12.4. The Bertz CT molecular complexity index is 665. The van der Waals surface area contributed by atoms with Crippen LogP contribution in [0.5, 0.6) is 5.75 Å². The molecule has 5 heteroatoms. The zero-order valence-electron chi connectivity index (χ0n) is 15.5. The van der Waals surface area contributed by atoms with E-state index in [1.807, 2.05) is 4.90 Å². The number of piperazine rings is 1. The Kier molecular flexibility index (Phi) is 5.44. The third kappa shape index (κ3) is 4.21. The van der Waals surface area contributed by atoms with Gasteiger partial charge in [-0.05, 0) is 42.4 Å². The van der Waals surface area contributed by atoms with Gasteiger partial charge in [0.15, 0.2) is 0 Å². The molecule has 2 amide bonds. The molecule has 4 rings (SSSR count). The minimum Gasteiger partial charge on any atom is -0.493 e. The zero-order valence-corrected chi connectivity index (χ0v) is 15.5. The topological polar surface area (TPSA) is 44.8 Å². The highest BCUT2D eigenvalue weighted by molar-refractivity contribution is 5.74. The van der Waals surface area contributed by atoms with Crippen LogP contribution in [-0.2, 0) is 13.0 Å². The molecule has 1 aromatic rings. The molecule has 26 heavy (non-hydrogen) atoms. The van der Waals surface area contributed by atoms with Crippen LogP contribution in [0.3, 0.4) is 0 Å². The van der Waals surface area contributed by atoms with Gasteiger partial charge < -0.3 is 15.0 Å². The minimum atomic E-state index is 0.105. The highest BCUT2D eigenvalue weighted by Crippen LogP contribution is 2.26. The van der Waals surface area contributed by atoms with Gasteiger partial charge in [-0.15, -0.1) is 0 Å². The largest absolute Gasteiger partial charge is 0.493 e. The molecule has 0 spiro atoms. The number of carbonyl (C=O) groups is 1. The lowest BCUT2D eigenvalue weighted by Gasteiger charge is -2.35. The van der Waals surface area contributed by atoms with Gasteiger partial charge in [-0.3, -0.25) is 4.90 Å². The number of rotatable bonds is 4. The molecule has 1 unspecified atom stereocenters. The molecule has 1 saturated heterocycles. The van der Waals surface area contributed by atoms with E-state index in [1.54, 1.807) is 0 Å². The van der Waals surface area contributed by atoms with Crippen molar-refractivity contribution >= 4 is 6.03 Å². The van der Waals surface area contributed by atoms with Crippen LogP contribution < -0.4 is 10.1 Å². The highest BCUT2D eigenvalue weighted by Gasteiger charge is 2.22. The summed E-state index contributed by atoms with van der Waals surface area (Å²) < 4.78 is 5.58. The zero-order chi connectivity index (χ0) is 17.8. The number of hydrogen-bond acceptors (Lipinski definition) is 3. The third-order valence-electron chi connectivity index (χ3n) is 5.74. The van der Waals surface area contributed by atoms with Crippen molar-refractivity contribution in [3.05, 3.63) is 41.5 Å². The van der Waals surface area contributed by atoms with Crippen LogP contribution in [0.2, 0.25) is 0 Å². The number of amides is 2. The fourth-order valence-corrected chi connectivity index (χ4v) is 4.09. The molecule has 1 fully saturated rings. The van der Waals surface area contributed by atoms with Gasteiger partial charge in [0.1, 0.15) is 5.75 Å². The summed E-state index contributed by atoms with van der Waals surface area (Å²) >= 11 is 0. The minimum absolute atomic E-state index is 0.105. The predicted molar refractivity (Wildman–Crippen MR) is 102 cm³/mol. The summed E-state index contributed by atoms with van der Waals surface area (Å²) in [6, 6.07) is 6.65. The van der Waals surface area contributed by atoms with E-state index < -0.39 is 0 Å². The summed E-state index contributed by atoms with van der Waals surface area (Å²) in [5.41, 5.74) is 2.68. The number of nitrogens with zero attached hydrogens (tertiary/aromatic N) is 2. The molecule has 1 N–H and O–H groups in total. The van der Waals surface area contributed by atoms with Crippen LogP contribution >= 0.6 is 0 Å². The summed E-state index contributed by atoms with van der Waals surface area (Å²) in [7, 11) is 0. The first-order valence-corrected chi connectivity index (χ1v) is 9.92. The van der Waals surface area contributed by atoms with Crippen LogP contribution in [0, 0.1) is 5.92 Å². The summed E-state index contributed by atoms with van der Waals surface area (Å²) in [6.07, 6.45) is 8.94. The van der Waals surface area contributed by atoms with Crippen LogP contribution in [0.1, 0.15) is 30.4 Å². The fourth-order valence-electron chi connectivity index (χ4n) is 4.09. The second-order valence-electron chi connectivity index (χ2n) is 7.64. The van der Waals surface area contributed by atoms with E-state index in [4.69, 9.17) is 4.74 Å². The standard InChI is InChI=1S/C21H29N3O2/c25-21(22-15-17-4-2-1-3-5-17)24-11-9-23(10-12-24)16-18-6-7-20-19(14-18)8-13-26-20/h1-2,6-7,14,17H,3-5,8-13,15-16H2,(H,22,25). The molecule has 1 aromatic carbocycles. The quantitative estimate of drug-likeness (QED) is 0.845. The Morgan fingerprint density at radius 2 is 2.08 bits per heavy atom. The molecule has 5 nitrogen and oxygen atoms in total. The molecule has 3 aliphatic rings. The van der Waals surface area contributed by atoms with Crippen LogP contribution in [0.25, 0.3) is 0 Å². The van der Waals surface area contributed by atoms with Crippen LogP contribution in [0.4, 0.5) is 4.79 Å². The van der Waals surface area contributed by atoms with E-state index in [0.29, 0.717) is 5.92 Å². The number of nitrogens with one attached hydrogen (secondary N) is 1. The molecule has 0 radical (unpaired) electrons. The molecule has 0 saturated carbocycles. The number of ether oxygens (including phenoxy) is 1. The van der Waals surface area contributed by atoms with Gasteiger partial charge in [-0.1, -0.05) is 24.3 Å². The number of benzene rings is 1. The van der Waals surface area contributed by atoms with E-state index in [2.05, 4.69) is 40.6 Å². The molecule has 0 aromatic heterocycles. The first-order valence-electron chi connectivity index (χ1n) is 9.92. The lowest BCUT2D eigenvalue weighted by Crippen LogP contribution is -2.52. The van der Waals surface area contributed by atoms with Gasteiger partial charge in [0, 0.05) is 45.7 Å². The first-order chi connectivity index (χ1) is 12.8. The number of hydrogen-bond donors (Lipinski definition) is 1. The highest BCUT2D eigenvalue weighted by atomic mass is 16.5. The first kappa shape index (κ1) is 17.4. The van der Waals surface area contributed by atoms with Gasteiger partial charge in [-0.25, -0.2) is 4.79 Å². The Morgan fingerprint density at radius 3 is 2.88 bits per heavy atom. The summed E-state index contributed by atoms with van der Waals surface area (Å²) in [4.78, 5) is 16.8. The molecule has 2 heterocycles. The SMILES string of the molecule is O=C(NCC1CC=CCC1)N1CCN(Cc2ccc3c(c2)CCO3)CC1. The van der Waals surface area contributed by atoms with Gasteiger partial charge in [0.05, 0.1) is 6.61 Å². The molecule has 0 bridgehead atoms. The van der Waals surface area contributed by atoms with Crippen molar-refractivity contribution in [2.45, 2.75) is 32.2 Å². The van der Waals surface area contributed by atoms with Gasteiger partial charge in [-0.2, -0.15) is 0 Å². The average Bonchev–Trinajstić information content (AvgIpc) is 3.15. The van der Waals surface area contributed by atoms with E-state index in [0.717, 1.165) is 70.9 Å². The van der Waals surface area contributed by atoms with Gasteiger partial charge in [0.2, 0.25) is 0 Å². The summed E-state index contributed by atoms with van der Waals surface area (Å²) in [5, 5.41) is 3.14. The molecular formula is C21H29N3O2. The van der Waals surface area contributed by atoms with Gasteiger partial charge >= 0.3 is 6.03 Å².